The van der Waals surface area contributed by atoms with Gasteiger partial charge >= 0.3 is 0 Å². The third kappa shape index (κ3) is 3.91. The fourth-order valence-electron chi connectivity index (χ4n) is 1.97. The Morgan fingerprint density at radius 1 is 1.29 bits per heavy atom. The average Bonchev–Trinajstić information content (AvgIpc) is 3.00. The maximum Gasteiger partial charge on any atom is 0.241 e. The molecule has 21 heavy (non-hydrogen) atoms. The van der Waals surface area contributed by atoms with Crippen LogP contribution in [0.4, 0.5) is 0 Å². The van der Waals surface area contributed by atoms with Gasteiger partial charge in [0.2, 0.25) is 10.0 Å². The van der Waals surface area contributed by atoms with E-state index in [4.69, 9.17) is 5.26 Å². The van der Waals surface area contributed by atoms with Crippen molar-refractivity contribution >= 4 is 21.4 Å². The molecule has 0 aliphatic carbocycles. The monoisotopic (exact) mass is 320 g/mol. The molecule has 1 heterocycles. The third-order valence-electron chi connectivity index (χ3n) is 3.11. The minimum atomic E-state index is -3.56. The van der Waals surface area contributed by atoms with Crippen LogP contribution in [0.15, 0.2) is 46.7 Å². The minimum Gasteiger partial charge on any atom is -0.207 e. The number of hydrogen-bond acceptors (Lipinski definition) is 4. The van der Waals surface area contributed by atoms with Crippen LogP contribution < -0.4 is 4.72 Å². The van der Waals surface area contributed by atoms with Gasteiger partial charge < -0.3 is 0 Å². The molecule has 2 rings (SSSR count). The maximum absolute atomic E-state index is 12.4. The van der Waals surface area contributed by atoms with E-state index >= 15 is 0 Å². The topological polar surface area (TPSA) is 70.0 Å². The summed E-state index contributed by atoms with van der Waals surface area (Å²) in [5.74, 6) is 0. The van der Waals surface area contributed by atoms with Gasteiger partial charge in [-0.2, -0.15) is 5.26 Å². The maximum atomic E-state index is 12.4. The minimum absolute atomic E-state index is 0.214. The molecule has 1 unspecified atom stereocenters. The van der Waals surface area contributed by atoms with E-state index in [-0.39, 0.29) is 17.4 Å². The van der Waals surface area contributed by atoms with Crippen molar-refractivity contribution in [2.45, 2.75) is 30.7 Å². The Balaban J connectivity index is 2.19. The largest absolute Gasteiger partial charge is 0.241 e. The van der Waals surface area contributed by atoms with Gasteiger partial charge in [-0.15, -0.1) is 11.3 Å². The predicted molar refractivity (Wildman–Crippen MR) is 83.4 cm³/mol. The molecule has 0 amide bonds. The highest BCUT2D eigenvalue weighted by molar-refractivity contribution is 7.89. The fourth-order valence-corrected chi connectivity index (χ4v) is 4.20. The molecule has 0 aliphatic heterocycles. The highest BCUT2D eigenvalue weighted by Gasteiger charge is 2.20. The number of nitrogens with zero attached hydrogens (tertiary/aromatic N) is 1. The fraction of sp³-hybridized carbons (Fsp3) is 0.267. The zero-order valence-corrected chi connectivity index (χ0v) is 13.2. The van der Waals surface area contributed by atoms with E-state index < -0.39 is 10.0 Å². The first-order valence-electron chi connectivity index (χ1n) is 6.58. The van der Waals surface area contributed by atoms with Crippen molar-refractivity contribution in [1.82, 2.24) is 4.72 Å². The van der Waals surface area contributed by atoms with E-state index in [1.807, 2.05) is 30.5 Å². The summed E-state index contributed by atoms with van der Waals surface area (Å²) < 4.78 is 27.5. The van der Waals surface area contributed by atoms with Crippen LogP contribution in [0.2, 0.25) is 0 Å². The summed E-state index contributed by atoms with van der Waals surface area (Å²) in [5.41, 5.74) is 0.807. The molecular formula is C15H16N2O2S2. The molecule has 0 aliphatic rings. The zero-order chi connectivity index (χ0) is 15.3. The molecule has 0 radical (unpaired) electrons. The van der Waals surface area contributed by atoms with E-state index in [0.717, 1.165) is 10.4 Å². The Labute approximate surface area is 129 Å². The van der Waals surface area contributed by atoms with Gasteiger partial charge in [-0.3, -0.25) is 0 Å². The highest BCUT2D eigenvalue weighted by Crippen LogP contribution is 2.24. The van der Waals surface area contributed by atoms with Gasteiger partial charge in [-0.25, -0.2) is 13.1 Å². The van der Waals surface area contributed by atoms with Crippen molar-refractivity contribution in [2.24, 2.45) is 0 Å². The Bertz CT molecular complexity index is 714. The Kier molecular flexibility index (Phi) is 5.12. The second-order valence-corrected chi connectivity index (χ2v) is 7.27. The number of nitriles is 1. The van der Waals surface area contributed by atoms with Crippen molar-refractivity contribution in [1.29, 1.82) is 5.26 Å². The van der Waals surface area contributed by atoms with Gasteiger partial charge in [-0.1, -0.05) is 25.1 Å². The SMILES string of the molecule is CCC(NS(=O)(=O)c1ccc(CC#N)cc1)c1cccs1. The van der Waals surface area contributed by atoms with E-state index in [2.05, 4.69) is 4.72 Å². The van der Waals surface area contributed by atoms with Crippen LogP contribution in [0, 0.1) is 11.3 Å². The Morgan fingerprint density at radius 2 is 2.00 bits per heavy atom. The Morgan fingerprint density at radius 3 is 2.52 bits per heavy atom. The molecular weight excluding hydrogens is 304 g/mol. The van der Waals surface area contributed by atoms with Gasteiger partial charge in [0.25, 0.3) is 0 Å². The first-order valence-corrected chi connectivity index (χ1v) is 8.94. The highest BCUT2D eigenvalue weighted by atomic mass is 32.2. The smallest absolute Gasteiger partial charge is 0.207 e. The molecule has 0 saturated heterocycles. The normalized spacial score (nSPS) is 12.8. The van der Waals surface area contributed by atoms with Crippen LogP contribution in [0.1, 0.15) is 29.8 Å². The van der Waals surface area contributed by atoms with Crippen LogP contribution >= 0.6 is 11.3 Å². The summed E-state index contributed by atoms with van der Waals surface area (Å²) in [6, 6.07) is 12.1. The van der Waals surface area contributed by atoms with Gasteiger partial charge in [-0.05, 0) is 35.6 Å². The van der Waals surface area contributed by atoms with Gasteiger partial charge in [0.15, 0.2) is 0 Å². The van der Waals surface area contributed by atoms with E-state index in [1.165, 1.54) is 23.5 Å². The van der Waals surface area contributed by atoms with E-state index in [0.29, 0.717) is 6.42 Å². The summed E-state index contributed by atoms with van der Waals surface area (Å²) in [6.45, 7) is 1.95. The lowest BCUT2D eigenvalue weighted by Gasteiger charge is -2.15. The van der Waals surface area contributed by atoms with Crippen LogP contribution in [0.25, 0.3) is 0 Å². The molecule has 110 valence electrons. The number of rotatable bonds is 6. The lowest BCUT2D eigenvalue weighted by molar-refractivity contribution is 0.553. The summed E-state index contributed by atoms with van der Waals surface area (Å²) >= 11 is 1.54. The second-order valence-electron chi connectivity index (χ2n) is 4.58. The summed E-state index contributed by atoms with van der Waals surface area (Å²) in [7, 11) is -3.56. The molecule has 6 heteroatoms. The Hall–Kier alpha value is -1.68. The van der Waals surface area contributed by atoms with Gasteiger partial charge in [0.1, 0.15) is 0 Å². The van der Waals surface area contributed by atoms with Crippen LogP contribution in [0.3, 0.4) is 0 Å². The second kappa shape index (κ2) is 6.85. The first-order chi connectivity index (χ1) is 10.1. The number of hydrogen-bond donors (Lipinski definition) is 1. The quantitative estimate of drug-likeness (QED) is 0.888. The number of sulfonamides is 1. The van der Waals surface area contributed by atoms with Crippen molar-refractivity contribution < 1.29 is 8.42 Å². The van der Waals surface area contributed by atoms with E-state index in [1.54, 1.807) is 12.1 Å². The summed E-state index contributed by atoms with van der Waals surface area (Å²) in [4.78, 5) is 1.22. The van der Waals surface area contributed by atoms with Crippen LogP contribution in [-0.4, -0.2) is 8.42 Å². The molecule has 0 saturated carbocycles. The zero-order valence-electron chi connectivity index (χ0n) is 11.6. The predicted octanol–water partition coefficient (Wildman–Crippen LogP) is 3.24. The van der Waals surface area contributed by atoms with Crippen molar-refractivity contribution in [2.75, 3.05) is 0 Å². The number of benzene rings is 1. The van der Waals surface area contributed by atoms with Gasteiger partial charge in [0, 0.05) is 4.88 Å². The number of thiophene rings is 1. The van der Waals surface area contributed by atoms with Crippen molar-refractivity contribution in [3.63, 3.8) is 0 Å². The molecule has 4 nitrogen and oxygen atoms in total. The summed E-state index contributed by atoms with van der Waals surface area (Å²) in [6.07, 6.45) is 0.965. The molecule has 0 spiro atoms. The molecule has 0 fully saturated rings. The molecule has 1 aromatic heterocycles. The van der Waals surface area contributed by atoms with Gasteiger partial charge in [0.05, 0.1) is 23.4 Å². The molecule has 1 atom stereocenters. The molecule has 2 aromatic rings. The average molecular weight is 320 g/mol. The lowest BCUT2D eigenvalue weighted by atomic mass is 10.2. The van der Waals surface area contributed by atoms with Crippen molar-refractivity contribution in [3.05, 3.63) is 52.2 Å². The molecule has 1 aromatic carbocycles. The van der Waals surface area contributed by atoms with Crippen LogP contribution in [0.5, 0.6) is 0 Å². The van der Waals surface area contributed by atoms with Crippen molar-refractivity contribution in [3.8, 4) is 6.07 Å². The third-order valence-corrected chi connectivity index (χ3v) is 5.58. The number of nitrogens with one attached hydrogen (secondary N) is 1. The molecule has 1 N–H and O–H groups in total. The van der Waals surface area contributed by atoms with E-state index in [9.17, 15) is 8.42 Å². The van der Waals surface area contributed by atoms with Crippen LogP contribution in [-0.2, 0) is 16.4 Å². The first kappa shape index (κ1) is 15.7. The standard InChI is InChI=1S/C15H16N2O2S2/c1-2-14(15-4-3-11-20-15)17-21(18,19)13-7-5-12(6-8-13)9-10-16/h3-8,11,14,17H,2,9H2,1H3. The summed E-state index contributed by atoms with van der Waals surface area (Å²) in [5, 5.41) is 10.6. The lowest BCUT2D eigenvalue weighted by Crippen LogP contribution is -2.27. The molecule has 0 bridgehead atoms.